The molecule has 0 saturated heterocycles. The molecule has 0 aliphatic rings. The van der Waals surface area contributed by atoms with Gasteiger partial charge in [0.1, 0.15) is 0 Å². The summed E-state index contributed by atoms with van der Waals surface area (Å²) in [5.74, 6) is 1.04. The molecule has 0 fully saturated rings. The number of hydrogen-bond acceptors (Lipinski definition) is 4. The van der Waals surface area contributed by atoms with Crippen LogP contribution in [0.25, 0.3) is 0 Å². The van der Waals surface area contributed by atoms with Gasteiger partial charge in [0.25, 0.3) is 11.8 Å². The summed E-state index contributed by atoms with van der Waals surface area (Å²) >= 11 is -3.61. The number of aromatic nitrogens is 2. The first-order valence-electron chi connectivity index (χ1n) is 2.97. The number of halogens is 2. The largest absolute Gasteiger partial charge is 0.478 e. The van der Waals surface area contributed by atoms with E-state index >= 15 is 0 Å². The van der Waals surface area contributed by atoms with E-state index in [0.717, 1.165) is 0 Å². The first kappa shape index (κ1) is 11.8. The van der Waals surface area contributed by atoms with Crippen LogP contribution in [0.4, 0.5) is 7.77 Å². The number of imidazole rings is 1. The first-order chi connectivity index (χ1) is 6.11. The van der Waals surface area contributed by atoms with Crippen LogP contribution in [-0.2, 0) is 11.6 Å². The predicted octanol–water partition coefficient (Wildman–Crippen LogP) is 0.931. The zero-order valence-electron chi connectivity index (χ0n) is 6.91. The van der Waals surface area contributed by atoms with Crippen LogP contribution in [0.15, 0.2) is 6.33 Å². The van der Waals surface area contributed by atoms with Crippen LogP contribution in [0.3, 0.4) is 0 Å². The number of H-pyrrole nitrogens is 1. The summed E-state index contributed by atoms with van der Waals surface area (Å²) in [5.41, 5.74) is 0. The van der Waals surface area contributed by atoms with Crippen molar-refractivity contribution in [2.75, 3.05) is 14.2 Å². The van der Waals surface area contributed by atoms with Crippen LogP contribution < -0.4 is 9.47 Å². The fourth-order valence-electron chi connectivity index (χ4n) is 0.562. The Balaban J connectivity index is 0.000000310. The lowest BCUT2D eigenvalue weighted by atomic mass is 10.8. The molecule has 0 radical (unpaired) electrons. The van der Waals surface area contributed by atoms with Gasteiger partial charge in [-0.2, -0.15) is 9.19 Å². The van der Waals surface area contributed by atoms with Gasteiger partial charge in [-0.3, -0.25) is 0 Å². The average molecular weight is 214 g/mol. The highest BCUT2D eigenvalue weighted by molar-refractivity contribution is 7.74. The monoisotopic (exact) mass is 214 g/mol. The van der Waals surface area contributed by atoms with Gasteiger partial charge >= 0.3 is 11.6 Å². The van der Waals surface area contributed by atoms with Gasteiger partial charge < -0.3 is 14.5 Å². The summed E-state index contributed by atoms with van der Waals surface area (Å²) in [6.07, 6.45) is 1.51. The lowest BCUT2D eigenvalue weighted by molar-refractivity contribution is 0.340. The standard InChI is InChI=1S/C5H8N2O2.F2OS/c1-8-4-5(9-2)7-3-6-4;1-4(2)3/h3H,1-2H3,(H,6,7);. The van der Waals surface area contributed by atoms with Gasteiger partial charge in [0.05, 0.1) is 20.5 Å². The Labute approximate surface area is 76.1 Å². The van der Waals surface area contributed by atoms with Crippen molar-refractivity contribution in [3.63, 3.8) is 0 Å². The van der Waals surface area contributed by atoms with Gasteiger partial charge in [-0.25, -0.2) is 0 Å². The third-order valence-corrected chi connectivity index (χ3v) is 0.969. The fourth-order valence-corrected chi connectivity index (χ4v) is 0.562. The molecule has 0 bridgehead atoms. The van der Waals surface area contributed by atoms with Gasteiger partial charge in [0.15, 0.2) is 0 Å². The minimum Gasteiger partial charge on any atom is -0.478 e. The molecule has 8 heteroatoms. The van der Waals surface area contributed by atoms with Crippen molar-refractivity contribution in [2.45, 2.75) is 0 Å². The second-order valence-corrected chi connectivity index (χ2v) is 2.00. The van der Waals surface area contributed by atoms with Crippen molar-refractivity contribution in [2.24, 2.45) is 0 Å². The number of nitrogens with zero attached hydrogens (tertiary/aromatic N) is 1. The van der Waals surface area contributed by atoms with Crippen LogP contribution in [0.1, 0.15) is 0 Å². The Hall–Kier alpha value is -1.18. The van der Waals surface area contributed by atoms with Crippen molar-refractivity contribution in [1.82, 2.24) is 9.97 Å². The molecular weight excluding hydrogens is 206 g/mol. The number of ether oxygens (including phenoxy) is 2. The minimum absolute atomic E-state index is 0.484. The molecule has 5 nitrogen and oxygen atoms in total. The molecule has 1 rings (SSSR count). The number of aromatic amines is 1. The number of methoxy groups -OCH3 is 2. The highest BCUT2D eigenvalue weighted by atomic mass is 32.2. The van der Waals surface area contributed by atoms with E-state index in [1.165, 1.54) is 6.33 Å². The van der Waals surface area contributed by atoms with E-state index in [4.69, 9.17) is 13.7 Å². The molecule has 0 amide bonds. The number of rotatable bonds is 2. The molecular formula is C5H8F2N2O3S. The minimum atomic E-state index is -3.61. The zero-order chi connectivity index (χ0) is 10.3. The normalized spacial score (nSPS) is 9.00. The van der Waals surface area contributed by atoms with Crippen molar-refractivity contribution in [3.8, 4) is 11.8 Å². The third-order valence-electron chi connectivity index (χ3n) is 0.969. The van der Waals surface area contributed by atoms with Gasteiger partial charge in [-0.1, -0.05) is 7.77 Å². The third kappa shape index (κ3) is 5.12. The van der Waals surface area contributed by atoms with Gasteiger partial charge in [0.2, 0.25) is 0 Å². The topological polar surface area (TPSA) is 64.2 Å². The average Bonchev–Trinajstić information content (AvgIpc) is 2.49. The summed E-state index contributed by atoms with van der Waals surface area (Å²) in [6, 6.07) is 0. The maximum Gasteiger partial charge on any atom is 0.385 e. The molecule has 0 aliphatic carbocycles. The van der Waals surface area contributed by atoms with Gasteiger partial charge in [-0.05, 0) is 0 Å². The van der Waals surface area contributed by atoms with Crippen LogP contribution in [-0.4, -0.2) is 28.4 Å². The lowest BCUT2D eigenvalue weighted by Crippen LogP contribution is -1.87. The van der Waals surface area contributed by atoms with Crippen LogP contribution in [0.5, 0.6) is 11.8 Å². The Kier molecular flexibility index (Phi) is 5.77. The molecule has 1 aromatic rings. The maximum absolute atomic E-state index is 9.81. The Bertz CT molecular complexity index is 246. The van der Waals surface area contributed by atoms with Crippen molar-refractivity contribution >= 4 is 11.6 Å². The Morgan fingerprint density at radius 2 is 2.00 bits per heavy atom. The summed E-state index contributed by atoms with van der Waals surface area (Å²) in [4.78, 5) is 6.55. The summed E-state index contributed by atoms with van der Waals surface area (Å²) in [6.45, 7) is 0. The van der Waals surface area contributed by atoms with E-state index in [2.05, 4.69) is 9.97 Å². The van der Waals surface area contributed by atoms with E-state index in [0.29, 0.717) is 11.8 Å². The summed E-state index contributed by atoms with van der Waals surface area (Å²) in [5, 5.41) is 0. The fraction of sp³-hybridized carbons (Fsp3) is 0.400. The quantitative estimate of drug-likeness (QED) is 0.744. The van der Waals surface area contributed by atoms with Gasteiger partial charge in [0, 0.05) is 0 Å². The van der Waals surface area contributed by atoms with E-state index < -0.39 is 11.6 Å². The van der Waals surface area contributed by atoms with Crippen molar-refractivity contribution in [1.29, 1.82) is 0 Å². The highest BCUT2D eigenvalue weighted by Crippen LogP contribution is 2.18. The first-order valence-corrected chi connectivity index (χ1v) is 3.92. The maximum atomic E-state index is 9.81. The molecule has 0 atom stereocenters. The molecule has 1 N–H and O–H groups in total. The zero-order valence-corrected chi connectivity index (χ0v) is 7.73. The smallest absolute Gasteiger partial charge is 0.385 e. The van der Waals surface area contributed by atoms with Gasteiger partial charge in [-0.15, -0.1) is 0 Å². The summed E-state index contributed by atoms with van der Waals surface area (Å²) in [7, 11) is 3.09. The predicted molar refractivity (Wildman–Crippen MR) is 42.1 cm³/mol. The molecule has 0 unspecified atom stereocenters. The van der Waals surface area contributed by atoms with Crippen molar-refractivity contribution < 1.29 is 21.5 Å². The molecule has 76 valence electrons. The Morgan fingerprint density at radius 3 is 2.31 bits per heavy atom. The second kappa shape index (κ2) is 6.35. The number of nitrogens with one attached hydrogen (secondary N) is 1. The highest BCUT2D eigenvalue weighted by Gasteiger charge is 2.02. The number of hydrogen-bond donors (Lipinski definition) is 1. The Morgan fingerprint density at radius 1 is 1.46 bits per heavy atom. The molecule has 0 aromatic carbocycles. The van der Waals surface area contributed by atoms with Crippen LogP contribution in [0, 0.1) is 0 Å². The van der Waals surface area contributed by atoms with E-state index in [1.54, 1.807) is 14.2 Å². The lowest BCUT2D eigenvalue weighted by Gasteiger charge is -1.96. The molecule has 0 spiro atoms. The molecule has 1 heterocycles. The molecule has 13 heavy (non-hydrogen) atoms. The van der Waals surface area contributed by atoms with E-state index in [-0.39, 0.29) is 0 Å². The second-order valence-electron chi connectivity index (χ2n) is 1.63. The van der Waals surface area contributed by atoms with Crippen LogP contribution in [0.2, 0.25) is 0 Å². The summed E-state index contributed by atoms with van der Waals surface area (Å²) < 4.78 is 37.5. The molecule has 1 aromatic heterocycles. The van der Waals surface area contributed by atoms with Crippen LogP contribution >= 0.6 is 0 Å². The van der Waals surface area contributed by atoms with E-state index in [1.807, 2.05) is 0 Å². The molecule has 0 saturated carbocycles. The molecule has 0 aliphatic heterocycles. The SMILES string of the molecule is COc1nc[nH]c1OC.O=S(F)F. The van der Waals surface area contributed by atoms with Crippen molar-refractivity contribution in [3.05, 3.63) is 6.33 Å². The van der Waals surface area contributed by atoms with E-state index in [9.17, 15) is 7.77 Å².